The van der Waals surface area contributed by atoms with E-state index in [1.807, 2.05) is 0 Å². The van der Waals surface area contributed by atoms with Gasteiger partial charge in [-0.15, -0.1) is 0 Å². The Balaban J connectivity index is 2.38. The third-order valence-electron chi connectivity index (χ3n) is 3.70. The van der Waals surface area contributed by atoms with E-state index in [1.165, 1.54) is 12.1 Å². The Morgan fingerprint density at radius 3 is 2.55 bits per heavy atom. The van der Waals surface area contributed by atoms with Gasteiger partial charge in [0.15, 0.2) is 0 Å². The van der Waals surface area contributed by atoms with Crippen molar-refractivity contribution in [2.24, 2.45) is 5.73 Å². The molecular weight excluding hydrogens is 281 g/mol. The van der Waals surface area contributed by atoms with Crippen molar-refractivity contribution in [1.29, 1.82) is 5.26 Å². The largest absolute Gasteiger partial charge is 0.364 e. The summed E-state index contributed by atoms with van der Waals surface area (Å²) in [6.07, 6.45) is 0. The molecule has 0 bridgehead atoms. The lowest BCUT2D eigenvalue weighted by Crippen LogP contribution is -2.12. The number of aryl methyl sites for hydroxylation is 1. The number of H-pyrrole nitrogens is 1. The molecule has 1 aromatic heterocycles. The number of fused-ring (bicyclic) bond motifs is 1. The van der Waals surface area contributed by atoms with Crippen LogP contribution in [0.15, 0.2) is 36.4 Å². The number of aromatic nitrogens is 1. The van der Waals surface area contributed by atoms with E-state index in [-0.39, 0.29) is 5.82 Å². The first kappa shape index (κ1) is 13.8. The first-order chi connectivity index (χ1) is 10.5. The number of carbonyl (C=O) groups is 1. The molecule has 0 fully saturated rings. The summed E-state index contributed by atoms with van der Waals surface area (Å²) in [7, 11) is 0. The monoisotopic (exact) mass is 293 g/mol. The highest BCUT2D eigenvalue weighted by atomic mass is 19.1. The summed E-state index contributed by atoms with van der Waals surface area (Å²) in [6, 6.07) is 11.5. The predicted molar refractivity (Wildman–Crippen MR) is 81.7 cm³/mol. The van der Waals surface area contributed by atoms with Gasteiger partial charge in [-0.25, -0.2) is 4.39 Å². The molecule has 0 saturated heterocycles. The predicted octanol–water partition coefficient (Wildman–Crippen LogP) is 3.25. The number of nitriles is 1. The average Bonchev–Trinajstić information content (AvgIpc) is 2.85. The standard InChI is InChI=1S/C17H12FN3O/c1-9-13-6-10(8-19)7-14(11-2-4-12(18)5-3-11)16(13)21-15(9)17(20)22/h2-7,21H,1H3,(H2,20,22). The number of hydrogen-bond acceptors (Lipinski definition) is 2. The Bertz CT molecular complexity index is 933. The molecule has 0 atom stereocenters. The number of amides is 1. The first-order valence-electron chi connectivity index (χ1n) is 6.63. The molecule has 108 valence electrons. The number of halogens is 1. The number of carbonyl (C=O) groups excluding carboxylic acids is 1. The molecule has 3 N–H and O–H groups in total. The van der Waals surface area contributed by atoms with Crippen LogP contribution in [0.3, 0.4) is 0 Å². The number of nitrogens with one attached hydrogen (secondary N) is 1. The number of nitrogens with two attached hydrogens (primary N) is 1. The summed E-state index contributed by atoms with van der Waals surface area (Å²) in [5.41, 5.74) is 9.03. The molecule has 0 aliphatic rings. The van der Waals surface area contributed by atoms with Crippen molar-refractivity contribution >= 4 is 16.8 Å². The smallest absolute Gasteiger partial charge is 0.265 e. The van der Waals surface area contributed by atoms with E-state index < -0.39 is 5.91 Å². The number of aromatic amines is 1. The number of hydrogen-bond donors (Lipinski definition) is 2. The zero-order chi connectivity index (χ0) is 15.9. The summed E-state index contributed by atoms with van der Waals surface area (Å²) in [5.74, 6) is -0.894. The molecule has 0 aliphatic carbocycles. The van der Waals surface area contributed by atoms with Crippen LogP contribution in [0.5, 0.6) is 0 Å². The maximum absolute atomic E-state index is 13.1. The van der Waals surface area contributed by atoms with Crippen LogP contribution in [-0.2, 0) is 0 Å². The van der Waals surface area contributed by atoms with Crippen molar-refractivity contribution in [3.05, 3.63) is 59.0 Å². The minimum Gasteiger partial charge on any atom is -0.364 e. The van der Waals surface area contributed by atoms with Gasteiger partial charge in [-0.2, -0.15) is 5.26 Å². The highest BCUT2D eigenvalue weighted by Gasteiger charge is 2.16. The van der Waals surface area contributed by atoms with Crippen LogP contribution in [0.25, 0.3) is 22.0 Å². The van der Waals surface area contributed by atoms with E-state index in [2.05, 4.69) is 11.1 Å². The van der Waals surface area contributed by atoms with E-state index in [1.54, 1.807) is 31.2 Å². The van der Waals surface area contributed by atoms with Crippen LogP contribution in [0.2, 0.25) is 0 Å². The lowest BCUT2D eigenvalue weighted by Gasteiger charge is -2.05. The number of rotatable bonds is 2. The summed E-state index contributed by atoms with van der Waals surface area (Å²) in [6.45, 7) is 1.77. The molecule has 1 heterocycles. The topological polar surface area (TPSA) is 82.7 Å². The number of benzene rings is 2. The van der Waals surface area contributed by atoms with Gasteiger partial charge in [0.05, 0.1) is 17.1 Å². The fourth-order valence-corrected chi connectivity index (χ4v) is 2.59. The highest BCUT2D eigenvalue weighted by molar-refractivity contribution is 6.04. The Morgan fingerprint density at radius 2 is 1.95 bits per heavy atom. The van der Waals surface area contributed by atoms with Crippen LogP contribution in [-0.4, -0.2) is 10.9 Å². The van der Waals surface area contributed by atoms with Gasteiger partial charge >= 0.3 is 0 Å². The molecular formula is C17H12FN3O. The molecule has 2 aromatic carbocycles. The lowest BCUT2D eigenvalue weighted by molar-refractivity contribution is 0.0996. The van der Waals surface area contributed by atoms with Crippen molar-refractivity contribution in [2.45, 2.75) is 6.92 Å². The third kappa shape index (κ3) is 2.11. The molecule has 0 saturated carbocycles. The van der Waals surface area contributed by atoms with Crippen LogP contribution in [0.4, 0.5) is 4.39 Å². The molecule has 22 heavy (non-hydrogen) atoms. The minimum atomic E-state index is -0.558. The molecule has 0 radical (unpaired) electrons. The van der Waals surface area contributed by atoms with Gasteiger partial charge in [0.1, 0.15) is 11.5 Å². The van der Waals surface area contributed by atoms with Crippen molar-refractivity contribution in [1.82, 2.24) is 4.98 Å². The highest BCUT2D eigenvalue weighted by Crippen LogP contribution is 2.32. The van der Waals surface area contributed by atoms with Gasteiger partial charge in [-0.05, 0) is 42.3 Å². The second kappa shape index (κ2) is 5.01. The average molecular weight is 293 g/mol. The van der Waals surface area contributed by atoms with Crippen LogP contribution in [0, 0.1) is 24.1 Å². The van der Waals surface area contributed by atoms with Gasteiger partial charge in [-0.3, -0.25) is 4.79 Å². The van der Waals surface area contributed by atoms with Crippen molar-refractivity contribution in [3.8, 4) is 17.2 Å². The Kier molecular flexibility index (Phi) is 3.15. The molecule has 0 spiro atoms. The van der Waals surface area contributed by atoms with Crippen molar-refractivity contribution in [3.63, 3.8) is 0 Å². The van der Waals surface area contributed by atoms with E-state index in [0.29, 0.717) is 22.3 Å². The van der Waals surface area contributed by atoms with Gasteiger partial charge < -0.3 is 10.7 Å². The van der Waals surface area contributed by atoms with E-state index in [4.69, 9.17) is 5.73 Å². The third-order valence-corrected chi connectivity index (χ3v) is 3.70. The molecule has 1 amide bonds. The normalized spacial score (nSPS) is 10.6. The Hall–Kier alpha value is -3.13. The second-order valence-electron chi connectivity index (χ2n) is 5.05. The molecule has 0 unspecified atom stereocenters. The van der Waals surface area contributed by atoms with Gasteiger partial charge in [0.2, 0.25) is 0 Å². The SMILES string of the molecule is Cc1c(C(N)=O)[nH]c2c(-c3ccc(F)cc3)cc(C#N)cc12. The minimum absolute atomic E-state index is 0.313. The summed E-state index contributed by atoms with van der Waals surface area (Å²) < 4.78 is 13.1. The fourth-order valence-electron chi connectivity index (χ4n) is 2.59. The van der Waals surface area contributed by atoms with Gasteiger partial charge in [0.25, 0.3) is 5.91 Å². The molecule has 3 aromatic rings. The maximum atomic E-state index is 13.1. The fraction of sp³-hybridized carbons (Fsp3) is 0.0588. The van der Waals surface area contributed by atoms with Crippen LogP contribution >= 0.6 is 0 Å². The maximum Gasteiger partial charge on any atom is 0.265 e. The zero-order valence-electron chi connectivity index (χ0n) is 11.8. The van der Waals surface area contributed by atoms with Crippen LogP contribution < -0.4 is 5.73 Å². The van der Waals surface area contributed by atoms with E-state index in [9.17, 15) is 14.4 Å². The first-order valence-corrected chi connectivity index (χ1v) is 6.63. The zero-order valence-corrected chi connectivity index (χ0v) is 11.8. The van der Waals surface area contributed by atoms with Crippen LogP contribution in [0.1, 0.15) is 21.6 Å². The summed E-state index contributed by atoms with van der Waals surface area (Å²) in [4.78, 5) is 14.5. The van der Waals surface area contributed by atoms with Crippen molar-refractivity contribution < 1.29 is 9.18 Å². The van der Waals surface area contributed by atoms with Crippen molar-refractivity contribution in [2.75, 3.05) is 0 Å². The molecule has 5 heteroatoms. The molecule has 4 nitrogen and oxygen atoms in total. The summed E-state index contributed by atoms with van der Waals surface area (Å²) >= 11 is 0. The van der Waals surface area contributed by atoms with Gasteiger partial charge in [0, 0.05) is 10.9 Å². The number of nitrogens with zero attached hydrogens (tertiary/aromatic N) is 1. The van der Waals surface area contributed by atoms with Gasteiger partial charge in [-0.1, -0.05) is 12.1 Å². The Labute approximate surface area is 126 Å². The lowest BCUT2D eigenvalue weighted by atomic mass is 9.99. The molecule has 0 aliphatic heterocycles. The second-order valence-corrected chi connectivity index (χ2v) is 5.05. The molecule has 3 rings (SSSR count). The van der Waals surface area contributed by atoms with E-state index in [0.717, 1.165) is 16.5 Å². The number of primary amides is 1. The Morgan fingerprint density at radius 1 is 1.27 bits per heavy atom. The van der Waals surface area contributed by atoms with E-state index >= 15 is 0 Å². The quantitative estimate of drug-likeness (QED) is 0.760. The summed E-state index contributed by atoms with van der Waals surface area (Å²) in [5, 5.41) is 9.96.